The zero-order valence-electron chi connectivity index (χ0n) is 9.32. The van der Waals surface area contributed by atoms with Gasteiger partial charge in [-0.15, -0.1) is 5.10 Å². The van der Waals surface area contributed by atoms with Crippen molar-refractivity contribution in [2.24, 2.45) is 0 Å². The van der Waals surface area contributed by atoms with Crippen molar-refractivity contribution in [2.75, 3.05) is 5.73 Å². The number of nitrogens with two attached hydrogens (primary N) is 1. The maximum absolute atomic E-state index is 6.09. The number of anilines is 1. The summed E-state index contributed by atoms with van der Waals surface area (Å²) in [6.45, 7) is 2.06. The highest BCUT2D eigenvalue weighted by atomic mass is 35.5. The number of aryl methyl sites for hydroxylation is 1. The highest BCUT2D eigenvalue weighted by Crippen LogP contribution is 2.25. The quantitative estimate of drug-likeness (QED) is 0.933. The number of nitrogens with zero attached hydrogens (tertiary/aromatic N) is 3. The van der Waals surface area contributed by atoms with E-state index in [4.69, 9.17) is 28.9 Å². The van der Waals surface area contributed by atoms with Gasteiger partial charge >= 0.3 is 0 Å². The van der Waals surface area contributed by atoms with Crippen molar-refractivity contribution in [1.29, 1.82) is 0 Å². The highest BCUT2D eigenvalue weighted by Gasteiger charge is 2.11. The van der Waals surface area contributed by atoms with E-state index in [9.17, 15) is 0 Å². The van der Waals surface area contributed by atoms with Crippen molar-refractivity contribution in [2.45, 2.75) is 19.8 Å². The largest absolute Gasteiger partial charge is 0.368 e. The molecule has 0 unspecified atom stereocenters. The number of hydrogen-bond acceptors (Lipinski definition) is 3. The molecule has 0 bridgehead atoms. The molecule has 4 nitrogen and oxygen atoms in total. The van der Waals surface area contributed by atoms with Crippen LogP contribution >= 0.6 is 23.2 Å². The molecule has 0 aliphatic heterocycles. The lowest BCUT2D eigenvalue weighted by Crippen LogP contribution is -2.03. The third kappa shape index (κ3) is 2.53. The minimum Gasteiger partial charge on any atom is -0.368 e. The van der Waals surface area contributed by atoms with Crippen LogP contribution in [0, 0.1) is 0 Å². The molecule has 90 valence electrons. The Kier molecular flexibility index (Phi) is 3.54. The van der Waals surface area contributed by atoms with Crippen LogP contribution in [0.15, 0.2) is 18.2 Å². The van der Waals surface area contributed by atoms with Crippen molar-refractivity contribution < 1.29 is 0 Å². The van der Waals surface area contributed by atoms with Crippen LogP contribution in [-0.2, 0) is 6.42 Å². The summed E-state index contributed by atoms with van der Waals surface area (Å²) in [7, 11) is 0. The van der Waals surface area contributed by atoms with Crippen LogP contribution in [0.1, 0.15) is 19.2 Å². The first-order valence-electron chi connectivity index (χ1n) is 5.28. The van der Waals surface area contributed by atoms with Crippen molar-refractivity contribution in [3.8, 4) is 5.69 Å². The molecule has 0 fully saturated rings. The summed E-state index contributed by atoms with van der Waals surface area (Å²) in [5.41, 5.74) is 6.49. The van der Waals surface area contributed by atoms with Gasteiger partial charge in [-0.3, -0.25) is 0 Å². The second-order valence-electron chi connectivity index (χ2n) is 3.64. The number of aromatic nitrogens is 3. The van der Waals surface area contributed by atoms with Gasteiger partial charge in [-0.2, -0.15) is 9.67 Å². The van der Waals surface area contributed by atoms with Crippen LogP contribution in [0.2, 0.25) is 10.0 Å². The summed E-state index contributed by atoms with van der Waals surface area (Å²) in [5, 5.41) is 5.39. The maximum Gasteiger partial charge on any atom is 0.223 e. The molecular weight excluding hydrogens is 259 g/mol. The minimum atomic E-state index is 0.331. The molecule has 0 amide bonds. The van der Waals surface area contributed by atoms with E-state index in [2.05, 4.69) is 17.0 Å². The van der Waals surface area contributed by atoms with Gasteiger partial charge in [-0.25, -0.2) is 0 Å². The van der Waals surface area contributed by atoms with E-state index in [0.717, 1.165) is 18.7 Å². The SMILES string of the molecule is CCCc1nc(N)n(-c2ccc(Cl)cc2Cl)n1. The second kappa shape index (κ2) is 4.94. The molecule has 1 heterocycles. The molecule has 0 spiro atoms. The van der Waals surface area contributed by atoms with Gasteiger partial charge in [0.2, 0.25) is 5.95 Å². The molecule has 2 N–H and O–H groups in total. The fourth-order valence-corrected chi connectivity index (χ4v) is 2.02. The summed E-state index contributed by atoms with van der Waals surface area (Å²) >= 11 is 11.9. The summed E-state index contributed by atoms with van der Waals surface area (Å²) in [6.07, 6.45) is 1.76. The molecule has 0 saturated carbocycles. The average Bonchev–Trinajstić information content (AvgIpc) is 2.60. The highest BCUT2D eigenvalue weighted by molar-refractivity contribution is 6.35. The van der Waals surface area contributed by atoms with Gasteiger partial charge in [-0.05, 0) is 24.6 Å². The van der Waals surface area contributed by atoms with Crippen LogP contribution in [0.4, 0.5) is 5.95 Å². The number of benzene rings is 1. The standard InChI is InChI=1S/C11H12Cl2N4/c1-2-3-10-15-11(14)17(16-10)9-5-4-7(12)6-8(9)13/h4-6H,2-3H2,1H3,(H2,14,15,16). The molecule has 0 saturated heterocycles. The van der Waals surface area contributed by atoms with Crippen molar-refractivity contribution in [1.82, 2.24) is 14.8 Å². The zero-order valence-corrected chi connectivity index (χ0v) is 10.8. The van der Waals surface area contributed by atoms with E-state index < -0.39 is 0 Å². The third-order valence-electron chi connectivity index (χ3n) is 2.29. The molecule has 0 atom stereocenters. The second-order valence-corrected chi connectivity index (χ2v) is 4.49. The molecule has 1 aromatic carbocycles. The van der Waals surface area contributed by atoms with Crippen LogP contribution < -0.4 is 5.73 Å². The fourth-order valence-electron chi connectivity index (χ4n) is 1.53. The summed E-state index contributed by atoms with van der Waals surface area (Å²) in [4.78, 5) is 4.18. The lowest BCUT2D eigenvalue weighted by Gasteiger charge is -2.05. The van der Waals surface area contributed by atoms with Gasteiger partial charge in [0.15, 0.2) is 5.82 Å². The van der Waals surface area contributed by atoms with E-state index in [1.165, 1.54) is 4.68 Å². The summed E-state index contributed by atoms with van der Waals surface area (Å²) in [5.74, 6) is 1.05. The Hall–Kier alpha value is -1.26. The predicted octanol–water partition coefficient (Wildman–Crippen LogP) is 3.11. The smallest absolute Gasteiger partial charge is 0.223 e. The number of nitrogen functional groups attached to an aromatic ring is 1. The van der Waals surface area contributed by atoms with Crippen molar-refractivity contribution >= 4 is 29.2 Å². The summed E-state index contributed by atoms with van der Waals surface area (Å²) < 4.78 is 1.53. The molecular formula is C11H12Cl2N4. The Morgan fingerprint density at radius 2 is 2.12 bits per heavy atom. The van der Waals surface area contributed by atoms with E-state index >= 15 is 0 Å². The fraction of sp³-hybridized carbons (Fsp3) is 0.273. The molecule has 2 rings (SSSR count). The first kappa shape index (κ1) is 12.2. The van der Waals surface area contributed by atoms with Gasteiger partial charge < -0.3 is 5.73 Å². The molecule has 2 aromatic rings. The van der Waals surface area contributed by atoms with Crippen LogP contribution in [0.25, 0.3) is 5.69 Å². The van der Waals surface area contributed by atoms with Gasteiger partial charge in [0.05, 0.1) is 10.7 Å². The number of halogens is 2. The molecule has 17 heavy (non-hydrogen) atoms. The van der Waals surface area contributed by atoms with Crippen LogP contribution in [0.5, 0.6) is 0 Å². The average molecular weight is 271 g/mol. The first-order chi connectivity index (χ1) is 8.11. The third-order valence-corrected chi connectivity index (χ3v) is 2.83. The maximum atomic E-state index is 6.09. The van der Waals surface area contributed by atoms with E-state index in [1.807, 2.05) is 0 Å². The molecule has 0 radical (unpaired) electrons. The Labute approximate surface area is 109 Å². The molecule has 6 heteroatoms. The first-order valence-corrected chi connectivity index (χ1v) is 6.04. The Balaban J connectivity index is 2.45. The Morgan fingerprint density at radius 1 is 1.35 bits per heavy atom. The van der Waals surface area contributed by atoms with E-state index in [-0.39, 0.29) is 0 Å². The van der Waals surface area contributed by atoms with Gasteiger partial charge in [0.1, 0.15) is 0 Å². The predicted molar refractivity (Wildman–Crippen MR) is 69.8 cm³/mol. The number of rotatable bonds is 3. The van der Waals surface area contributed by atoms with Crippen LogP contribution in [-0.4, -0.2) is 14.8 Å². The Bertz CT molecular complexity index is 536. The minimum absolute atomic E-state index is 0.331. The van der Waals surface area contributed by atoms with Gasteiger partial charge in [-0.1, -0.05) is 30.1 Å². The Morgan fingerprint density at radius 3 is 2.76 bits per heavy atom. The lowest BCUT2D eigenvalue weighted by atomic mass is 10.3. The van der Waals surface area contributed by atoms with E-state index in [1.54, 1.807) is 18.2 Å². The van der Waals surface area contributed by atoms with Gasteiger partial charge in [0, 0.05) is 11.4 Å². The molecule has 1 aromatic heterocycles. The van der Waals surface area contributed by atoms with Crippen molar-refractivity contribution in [3.05, 3.63) is 34.1 Å². The monoisotopic (exact) mass is 270 g/mol. The van der Waals surface area contributed by atoms with Crippen molar-refractivity contribution in [3.63, 3.8) is 0 Å². The normalized spacial score (nSPS) is 10.8. The van der Waals surface area contributed by atoms with Crippen LogP contribution in [0.3, 0.4) is 0 Å². The molecule has 0 aliphatic rings. The molecule has 0 aliphatic carbocycles. The number of hydrogen-bond donors (Lipinski definition) is 1. The zero-order chi connectivity index (χ0) is 12.4. The topological polar surface area (TPSA) is 56.7 Å². The summed E-state index contributed by atoms with van der Waals surface area (Å²) in [6, 6.07) is 5.16. The lowest BCUT2D eigenvalue weighted by molar-refractivity contribution is 0.801. The van der Waals surface area contributed by atoms with E-state index in [0.29, 0.717) is 21.7 Å². The van der Waals surface area contributed by atoms with Gasteiger partial charge in [0.25, 0.3) is 0 Å².